The van der Waals surface area contributed by atoms with Crippen LogP contribution in [0.25, 0.3) is 0 Å². The highest BCUT2D eigenvalue weighted by atomic mass is 16.5. The molecule has 1 N–H and O–H groups in total. The van der Waals surface area contributed by atoms with Crippen molar-refractivity contribution in [2.45, 2.75) is 52.2 Å². The zero-order valence-electron chi connectivity index (χ0n) is 13.8. The Morgan fingerprint density at radius 2 is 1.86 bits per heavy atom. The first-order chi connectivity index (χ1) is 10.2. The van der Waals surface area contributed by atoms with Crippen LogP contribution in [0.1, 0.15) is 38.7 Å². The second kappa shape index (κ2) is 8.40. The summed E-state index contributed by atoms with van der Waals surface area (Å²) in [5.41, 5.74) is 2.62. The number of aryl methyl sites for hydroxylation is 1. The van der Waals surface area contributed by atoms with E-state index in [4.69, 9.17) is 4.74 Å². The van der Waals surface area contributed by atoms with Crippen molar-refractivity contribution in [1.29, 1.82) is 0 Å². The molecule has 1 aromatic carbocycles. The first-order valence-electron chi connectivity index (χ1n) is 8.40. The average Bonchev–Trinajstić information content (AvgIpc) is 2.94. The Kier molecular flexibility index (Phi) is 6.52. The molecule has 0 bridgehead atoms. The number of likely N-dealkylation sites (N-methyl/N-ethyl adjacent to an activating group) is 1. The van der Waals surface area contributed by atoms with Gasteiger partial charge in [-0.3, -0.25) is 0 Å². The van der Waals surface area contributed by atoms with Crippen LogP contribution in [0.15, 0.2) is 24.3 Å². The highest BCUT2D eigenvalue weighted by Crippen LogP contribution is 2.23. The van der Waals surface area contributed by atoms with Gasteiger partial charge in [0.15, 0.2) is 0 Å². The molecule has 1 aliphatic heterocycles. The fraction of sp³-hybridized carbons (Fsp3) is 0.667. The standard InChI is InChI=1S/C18H30N2O/c1-4-12-19-13-17-10-11-18(21-17)14-20(5-2)16-8-6-15(3)7-9-16/h6-9,17-19H,4-5,10-14H2,1-3H3. The second-order valence-electron chi connectivity index (χ2n) is 6.04. The molecule has 1 fully saturated rings. The van der Waals surface area contributed by atoms with Crippen LogP contribution >= 0.6 is 0 Å². The van der Waals surface area contributed by atoms with E-state index in [1.807, 2.05) is 0 Å². The van der Waals surface area contributed by atoms with Crippen LogP contribution in [-0.2, 0) is 4.74 Å². The molecule has 1 aliphatic rings. The number of rotatable bonds is 8. The molecule has 2 rings (SSSR count). The van der Waals surface area contributed by atoms with Crippen LogP contribution in [0.3, 0.4) is 0 Å². The zero-order valence-corrected chi connectivity index (χ0v) is 13.8. The molecule has 0 aliphatic carbocycles. The summed E-state index contributed by atoms with van der Waals surface area (Å²) in [4.78, 5) is 2.42. The summed E-state index contributed by atoms with van der Waals surface area (Å²) < 4.78 is 6.18. The average molecular weight is 290 g/mol. The third-order valence-corrected chi connectivity index (χ3v) is 4.20. The van der Waals surface area contributed by atoms with E-state index in [2.05, 4.69) is 55.3 Å². The Hall–Kier alpha value is -1.06. The van der Waals surface area contributed by atoms with Crippen LogP contribution in [-0.4, -0.2) is 38.4 Å². The number of anilines is 1. The zero-order chi connectivity index (χ0) is 15.1. The van der Waals surface area contributed by atoms with Gasteiger partial charge in [-0.2, -0.15) is 0 Å². The molecule has 118 valence electrons. The Bertz CT molecular complexity index is 404. The van der Waals surface area contributed by atoms with Crippen LogP contribution in [0, 0.1) is 6.92 Å². The van der Waals surface area contributed by atoms with Gasteiger partial charge >= 0.3 is 0 Å². The van der Waals surface area contributed by atoms with E-state index in [9.17, 15) is 0 Å². The third kappa shape index (κ3) is 5.01. The number of hydrogen-bond acceptors (Lipinski definition) is 3. The molecule has 1 aromatic rings. The Morgan fingerprint density at radius 1 is 1.14 bits per heavy atom. The minimum absolute atomic E-state index is 0.375. The predicted molar refractivity (Wildman–Crippen MR) is 90.1 cm³/mol. The van der Waals surface area contributed by atoms with Gasteiger partial charge in [-0.05, 0) is 51.8 Å². The van der Waals surface area contributed by atoms with Gasteiger partial charge < -0.3 is 15.0 Å². The van der Waals surface area contributed by atoms with Crippen molar-refractivity contribution in [3.63, 3.8) is 0 Å². The van der Waals surface area contributed by atoms with Crippen LogP contribution in [0.5, 0.6) is 0 Å². The van der Waals surface area contributed by atoms with E-state index < -0.39 is 0 Å². The van der Waals surface area contributed by atoms with Crippen molar-refractivity contribution in [3.8, 4) is 0 Å². The quantitative estimate of drug-likeness (QED) is 0.743. The maximum absolute atomic E-state index is 6.18. The third-order valence-electron chi connectivity index (χ3n) is 4.20. The molecule has 0 aromatic heterocycles. The summed E-state index contributed by atoms with van der Waals surface area (Å²) in [6.07, 6.45) is 4.33. The Balaban J connectivity index is 1.81. The number of benzene rings is 1. The number of ether oxygens (including phenoxy) is 1. The lowest BCUT2D eigenvalue weighted by Gasteiger charge is -2.26. The molecule has 2 unspecified atom stereocenters. The van der Waals surface area contributed by atoms with Crippen LogP contribution in [0.4, 0.5) is 5.69 Å². The maximum Gasteiger partial charge on any atom is 0.0755 e. The van der Waals surface area contributed by atoms with Gasteiger partial charge in [0.25, 0.3) is 0 Å². The molecule has 2 atom stereocenters. The van der Waals surface area contributed by atoms with Crippen molar-refractivity contribution in [2.75, 3.05) is 31.1 Å². The smallest absolute Gasteiger partial charge is 0.0755 e. The topological polar surface area (TPSA) is 24.5 Å². The fourth-order valence-corrected chi connectivity index (χ4v) is 2.92. The summed E-state index contributed by atoms with van der Waals surface area (Å²) in [5.74, 6) is 0. The molecule has 3 heteroatoms. The maximum atomic E-state index is 6.18. The lowest BCUT2D eigenvalue weighted by atomic mass is 10.1. The monoisotopic (exact) mass is 290 g/mol. The molecule has 0 amide bonds. The van der Waals surface area contributed by atoms with Crippen molar-refractivity contribution in [3.05, 3.63) is 29.8 Å². The van der Waals surface area contributed by atoms with Gasteiger partial charge in [0.2, 0.25) is 0 Å². The van der Waals surface area contributed by atoms with Gasteiger partial charge in [0.1, 0.15) is 0 Å². The second-order valence-corrected chi connectivity index (χ2v) is 6.04. The summed E-state index contributed by atoms with van der Waals surface area (Å²) in [5, 5.41) is 3.46. The molecule has 0 radical (unpaired) electrons. The molecule has 0 saturated carbocycles. The van der Waals surface area contributed by atoms with E-state index in [0.717, 1.165) is 26.2 Å². The lowest BCUT2D eigenvalue weighted by Crippen LogP contribution is -2.34. The Morgan fingerprint density at radius 3 is 2.52 bits per heavy atom. The van der Waals surface area contributed by atoms with E-state index in [-0.39, 0.29) is 0 Å². The molecule has 21 heavy (non-hydrogen) atoms. The lowest BCUT2D eigenvalue weighted by molar-refractivity contribution is 0.0496. The number of nitrogens with zero attached hydrogens (tertiary/aromatic N) is 1. The molecular formula is C18H30N2O. The number of hydrogen-bond donors (Lipinski definition) is 1. The van der Waals surface area contributed by atoms with Crippen molar-refractivity contribution in [1.82, 2.24) is 5.32 Å². The first kappa shape index (κ1) is 16.3. The molecule has 1 saturated heterocycles. The van der Waals surface area contributed by atoms with E-state index in [0.29, 0.717) is 12.2 Å². The van der Waals surface area contributed by atoms with E-state index >= 15 is 0 Å². The van der Waals surface area contributed by atoms with E-state index in [1.54, 1.807) is 0 Å². The normalized spacial score (nSPS) is 21.7. The molecule has 0 spiro atoms. The SMILES string of the molecule is CCCNCC1CCC(CN(CC)c2ccc(C)cc2)O1. The van der Waals surface area contributed by atoms with Gasteiger partial charge in [-0.1, -0.05) is 24.6 Å². The minimum Gasteiger partial charge on any atom is -0.372 e. The van der Waals surface area contributed by atoms with Crippen LogP contribution < -0.4 is 10.2 Å². The largest absolute Gasteiger partial charge is 0.372 e. The fourth-order valence-electron chi connectivity index (χ4n) is 2.92. The number of nitrogens with one attached hydrogen (secondary N) is 1. The minimum atomic E-state index is 0.375. The summed E-state index contributed by atoms with van der Waals surface area (Å²) in [7, 11) is 0. The van der Waals surface area contributed by atoms with Crippen molar-refractivity contribution < 1.29 is 4.74 Å². The van der Waals surface area contributed by atoms with Gasteiger partial charge in [0, 0.05) is 25.3 Å². The molecule has 1 heterocycles. The molecular weight excluding hydrogens is 260 g/mol. The molecule has 3 nitrogen and oxygen atoms in total. The predicted octanol–water partition coefficient (Wildman–Crippen LogP) is 3.37. The van der Waals surface area contributed by atoms with Crippen molar-refractivity contribution in [2.24, 2.45) is 0 Å². The Labute approximate surface area is 129 Å². The van der Waals surface area contributed by atoms with Gasteiger partial charge in [0.05, 0.1) is 12.2 Å². The van der Waals surface area contributed by atoms with Gasteiger partial charge in [-0.25, -0.2) is 0 Å². The highest BCUT2D eigenvalue weighted by molar-refractivity contribution is 5.47. The summed E-state index contributed by atoms with van der Waals surface area (Å²) in [6, 6.07) is 8.80. The van der Waals surface area contributed by atoms with Crippen molar-refractivity contribution >= 4 is 5.69 Å². The van der Waals surface area contributed by atoms with E-state index in [1.165, 1.54) is 30.5 Å². The summed E-state index contributed by atoms with van der Waals surface area (Å²) in [6.45, 7) is 10.7. The van der Waals surface area contributed by atoms with Gasteiger partial charge in [-0.15, -0.1) is 0 Å². The highest BCUT2D eigenvalue weighted by Gasteiger charge is 2.26. The first-order valence-corrected chi connectivity index (χ1v) is 8.40. The summed E-state index contributed by atoms with van der Waals surface area (Å²) >= 11 is 0. The van der Waals surface area contributed by atoms with Crippen LogP contribution in [0.2, 0.25) is 0 Å².